The Balaban J connectivity index is 0.520. The smallest absolute Gasteiger partial charge is 0.143 e. The second kappa shape index (κ2) is 26.1. The fraction of sp³-hybridized carbons (Fsp3) is 0. The van der Waals surface area contributed by atoms with E-state index in [-0.39, 0.29) is 0 Å². The van der Waals surface area contributed by atoms with E-state index < -0.39 is 0 Å². The Bertz CT molecular complexity index is 8810. The van der Waals surface area contributed by atoms with Crippen molar-refractivity contribution in [1.29, 1.82) is 0 Å². The van der Waals surface area contributed by atoms with Gasteiger partial charge in [0, 0.05) is 115 Å². The van der Waals surface area contributed by atoms with Gasteiger partial charge in [0.05, 0.1) is 55.2 Å². The van der Waals surface area contributed by atoms with Crippen molar-refractivity contribution in [1.82, 2.24) is 22.8 Å². The molecule has 562 valence electrons. The van der Waals surface area contributed by atoms with Crippen molar-refractivity contribution in [3.63, 3.8) is 0 Å². The molecular formula is C114H69N5O2. The van der Waals surface area contributed by atoms with E-state index in [2.05, 4.69) is 435 Å². The molecule has 7 heterocycles. The molecule has 26 rings (SSSR count). The monoisotopic (exact) mass is 1540 g/mol. The number of furan rings is 2. The van der Waals surface area contributed by atoms with Crippen LogP contribution in [0.3, 0.4) is 0 Å². The Morgan fingerprint density at radius 2 is 0.364 bits per heavy atom. The van der Waals surface area contributed by atoms with Crippen molar-refractivity contribution in [3.8, 4) is 95.2 Å². The van der Waals surface area contributed by atoms with Crippen molar-refractivity contribution in [2.45, 2.75) is 0 Å². The molecule has 0 radical (unpaired) electrons. The zero-order valence-electron chi connectivity index (χ0n) is 65.4. The zero-order chi connectivity index (χ0) is 79.1. The predicted molar refractivity (Wildman–Crippen MR) is 505 cm³/mol. The minimum atomic E-state index is 0.860. The van der Waals surface area contributed by atoms with Crippen LogP contribution in [0.5, 0.6) is 0 Å². The summed E-state index contributed by atoms with van der Waals surface area (Å²) in [4.78, 5) is 0. The van der Waals surface area contributed by atoms with Gasteiger partial charge in [-0.2, -0.15) is 0 Å². The fourth-order valence-electron chi connectivity index (χ4n) is 20.1. The molecule has 26 aromatic rings. The van der Waals surface area contributed by atoms with Gasteiger partial charge in [-0.15, -0.1) is 0 Å². The Morgan fingerprint density at radius 1 is 0.132 bits per heavy atom. The van der Waals surface area contributed by atoms with E-state index in [1.165, 1.54) is 98.1 Å². The van der Waals surface area contributed by atoms with Crippen LogP contribution in [0.25, 0.3) is 248 Å². The number of hydrogen-bond acceptors (Lipinski definition) is 2. The topological polar surface area (TPSA) is 50.9 Å². The van der Waals surface area contributed by atoms with Crippen molar-refractivity contribution in [2.24, 2.45) is 0 Å². The molecule has 7 aromatic heterocycles. The highest BCUT2D eigenvalue weighted by Gasteiger charge is 2.24. The molecule has 0 unspecified atom stereocenters. The average Bonchev–Trinajstić information content (AvgIpc) is 1.59. The summed E-state index contributed by atoms with van der Waals surface area (Å²) in [5, 5.41) is 16.6. The summed E-state index contributed by atoms with van der Waals surface area (Å²) in [5.74, 6) is 0. The molecular weight excluding hydrogens is 1470 g/mol. The van der Waals surface area contributed by atoms with E-state index in [4.69, 9.17) is 8.83 Å². The van der Waals surface area contributed by atoms with E-state index >= 15 is 0 Å². The lowest BCUT2D eigenvalue weighted by Gasteiger charge is -2.11. The number of aromatic nitrogens is 5. The van der Waals surface area contributed by atoms with Crippen LogP contribution in [0.1, 0.15) is 0 Å². The third-order valence-electron chi connectivity index (χ3n) is 25.7. The summed E-state index contributed by atoms with van der Waals surface area (Å²) < 4.78 is 25.5. The molecule has 19 aromatic carbocycles. The normalized spacial score (nSPS) is 12.1. The quantitative estimate of drug-likeness (QED) is 0.130. The van der Waals surface area contributed by atoms with Gasteiger partial charge in [-0.05, 0) is 232 Å². The average molecular weight is 1540 g/mol. The van der Waals surface area contributed by atoms with Crippen molar-refractivity contribution in [3.05, 3.63) is 419 Å². The van der Waals surface area contributed by atoms with Crippen LogP contribution in [0.4, 0.5) is 0 Å². The van der Waals surface area contributed by atoms with Gasteiger partial charge in [0.25, 0.3) is 0 Å². The first-order chi connectivity index (χ1) is 60.0. The van der Waals surface area contributed by atoms with Gasteiger partial charge in [-0.3, -0.25) is 0 Å². The molecule has 0 atom stereocenters. The second-order valence-electron chi connectivity index (χ2n) is 32.2. The van der Waals surface area contributed by atoms with E-state index in [0.717, 1.165) is 150 Å². The molecule has 121 heavy (non-hydrogen) atoms. The van der Waals surface area contributed by atoms with Gasteiger partial charge in [0.2, 0.25) is 0 Å². The number of rotatable bonds is 11. The summed E-state index contributed by atoms with van der Waals surface area (Å²) in [6, 6.07) is 154. The van der Waals surface area contributed by atoms with E-state index in [9.17, 15) is 0 Å². The Hall–Kier alpha value is -16.2. The van der Waals surface area contributed by atoms with Gasteiger partial charge < -0.3 is 31.7 Å². The highest BCUT2D eigenvalue weighted by molar-refractivity contribution is 6.18. The van der Waals surface area contributed by atoms with Gasteiger partial charge in [-0.25, -0.2) is 0 Å². The Labute approximate surface area is 693 Å². The minimum absolute atomic E-state index is 0.860. The van der Waals surface area contributed by atoms with Crippen LogP contribution < -0.4 is 0 Å². The third kappa shape index (κ3) is 10.3. The van der Waals surface area contributed by atoms with Crippen molar-refractivity contribution >= 4 is 153 Å². The first-order valence-electron chi connectivity index (χ1n) is 41.5. The summed E-state index contributed by atoms with van der Waals surface area (Å²) in [7, 11) is 0. The summed E-state index contributed by atoms with van der Waals surface area (Å²) in [6.45, 7) is 0. The summed E-state index contributed by atoms with van der Waals surface area (Å²) in [5.41, 5.74) is 34.4. The number of hydrogen-bond donors (Lipinski definition) is 0. The van der Waals surface area contributed by atoms with E-state index in [1.807, 2.05) is 6.07 Å². The van der Waals surface area contributed by atoms with Gasteiger partial charge in [0.1, 0.15) is 22.3 Å². The highest BCUT2D eigenvalue weighted by Crippen LogP contribution is 2.47. The maximum atomic E-state index is 6.87. The number of benzene rings is 19. The van der Waals surface area contributed by atoms with Crippen molar-refractivity contribution < 1.29 is 8.83 Å². The van der Waals surface area contributed by atoms with Crippen LogP contribution in [0.15, 0.2) is 427 Å². The molecule has 0 fully saturated rings. The molecule has 0 saturated carbocycles. The zero-order valence-corrected chi connectivity index (χ0v) is 65.4. The molecule has 0 amide bonds. The SMILES string of the molecule is c1ccc(-n2c3ccccc3c3cc(-c4ccc5c(c4)c4ccccc4n5-c4ccc(-c5cccc6c5oc5ccc(-c7ccc(-n8c9ccccc9c9cc(-c%10ccc%11c(c%10)c%10cc(-c%12ccc%13c(c%12)c%12ccccc%12n%13-c%12ccccc%12)ccc%10n%11-c%10ccc(-c%11cccc%12c%11oc%11ccccc%11%12)cc%10)ccc98)cc7)cc56)cc4)ccc32)cc1. The maximum absolute atomic E-state index is 6.87. The van der Waals surface area contributed by atoms with Gasteiger partial charge in [-0.1, -0.05) is 243 Å². The lowest BCUT2D eigenvalue weighted by Crippen LogP contribution is -1.94. The van der Waals surface area contributed by atoms with Crippen LogP contribution in [0, 0.1) is 0 Å². The van der Waals surface area contributed by atoms with Crippen molar-refractivity contribution in [2.75, 3.05) is 0 Å². The van der Waals surface area contributed by atoms with Gasteiger partial charge >= 0.3 is 0 Å². The Kier molecular flexibility index (Phi) is 14.5. The van der Waals surface area contributed by atoms with Crippen LogP contribution in [-0.2, 0) is 0 Å². The highest BCUT2D eigenvalue weighted by atomic mass is 16.3. The molecule has 0 bridgehead atoms. The number of para-hydroxylation sites is 9. The molecule has 0 N–H and O–H groups in total. The molecule has 0 aliphatic rings. The maximum Gasteiger partial charge on any atom is 0.143 e. The van der Waals surface area contributed by atoms with Crippen LogP contribution >= 0.6 is 0 Å². The molecule has 0 aliphatic carbocycles. The second-order valence-corrected chi connectivity index (χ2v) is 32.2. The summed E-state index contributed by atoms with van der Waals surface area (Å²) in [6.07, 6.45) is 0. The largest absolute Gasteiger partial charge is 0.455 e. The van der Waals surface area contributed by atoms with Crippen LogP contribution in [0.2, 0.25) is 0 Å². The molecule has 0 saturated heterocycles. The number of fused-ring (bicyclic) bond motifs is 21. The third-order valence-corrected chi connectivity index (χ3v) is 25.7. The predicted octanol–water partition coefficient (Wildman–Crippen LogP) is 31.0. The molecule has 7 heteroatoms. The number of nitrogens with zero attached hydrogens (tertiary/aromatic N) is 5. The summed E-state index contributed by atoms with van der Waals surface area (Å²) >= 11 is 0. The molecule has 7 nitrogen and oxygen atoms in total. The van der Waals surface area contributed by atoms with E-state index in [0.29, 0.717) is 0 Å². The lowest BCUT2D eigenvalue weighted by atomic mass is 9.98. The standard InChI is InChI=1S/C114H69N5O2/c1-3-19-80(20-4-1)115-101-32-12-7-23-87(101)94-63-74(43-56-105(94)115)75-45-58-108-96(64-75)90-26-10-15-35-104(90)118(108)83-52-39-72(40-53-83)86-29-18-31-93-100-69-73(49-62-112(100)121-114(86)93)70-37-50-82(51-38-70)117-103-34-14-9-25-89(103)97-66-77(46-59-107(97)117)79-48-61-110-99(68-79)98-67-78(76-44-57-106-95(65-76)88-24-8-13-33-102(88)116(106)81-21-5-2-6-22-81)47-60-109(98)119(110)84-54-41-71(42-55-84)85-28-17-30-92-91-27-11-16-36-111(91)120-113(85)92/h1-69H. The van der Waals surface area contributed by atoms with Gasteiger partial charge in [0.15, 0.2) is 0 Å². The first-order valence-corrected chi connectivity index (χ1v) is 41.5. The van der Waals surface area contributed by atoms with Crippen LogP contribution in [-0.4, -0.2) is 22.8 Å². The lowest BCUT2D eigenvalue weighted by molar-refractivity contribution is 0.669. The fourth-order valence-corrected chi connectivity index (χ4v) is 20.1. The molecule has 0 spiro atoms. The minimum Gasteiger partial charge on any atom is -0.455 e. The Morgan fingerprint density at radius 3 is 0.719 bits per heavy atom. The van der Waals surface area contributed by atoms with E-state index in [1.54, 1.807) is 0 Å². The first kappa shape index (κ1) is 67.0. The molecule has 0 aliphatic heterocycles.